The summed E-state index contributed by atoms with van der Waals surface area (Å²) in [5.74, 6) is -0.850. The highest BCUT2D eigenvalue weighted by Crippen LogP contribution is 2.35. The second-order valence-electron chi connectivity index (χ2n) is 10.4. The number of rotatable bonds is 11. The minimum absolute atomic E-state index is 0.00447. The van der Waals surface area contributed by atoms with Crippen LogP contribution in [0.15, 0.2) is 83.8 Å². The summed E-state index contributed by atoms with van der Waals surface area (Å²) >= 11 is 12.7. The second-order valence-corrected chi connectivity index (χ2v) is 13.0. The molecule has 7 nitrogen and oxygen atoms in total. The monoisotopic (exact) mass is 603 g/mol. The molecule has 1 atom stereocenters. The Bertz CT molecular complexity index is 1410. The summed E-state index contributed by atoms with van der Waals surface area (Å²) in [6.07, 6.45) is 0.820. The van der Waals surface area contributed by atoms with Gasteiger partial charge >= 0.3 is 0 Å². The number of carbonyl (C=O) groups is 2. The SMILES string of the molecule is CCC(C(=O)NC(C)(C)C)N(CCc1ccccc1)C(=O)CN(c1cccc(Cl)c1Cl)S(=O)(=O)c1ccccc1. The third-order valence-electron chi connectivity index (χ3n) is 6.18. The second kappa shape index (κ2) is 13.5. The zero-order valence-corrected chi connectivity index (χ0v) is 25.4. The van der Waals surface area contributed by atoms with E-state index in [9.17, 15) is 18.0 Å². The maximum absolute atomic E-state index is 14.1. The van der Waals surface area contributed by atoms with Gasteiger partial charge in [0.05, 0.1) is 20.6 Å². The average molecular weight is 605 g/mol. The minimum Gasteiger partial charge on any atom is -0.350 e. The molecule has 0 spiro atoms. The molecule has 3 aromatic rings. The van der Waals surface area contributed by atoms with E-state index in [1.54, 1.807) is 30.3 Å². The normalized spacial score (nSPS) is 12.4. The van der Waals surface area contributed by atoms with E-state index in [-0.39, 0.29) is 33.1 Å². The van der Waals surface area contributed by atoms with Gasteiger partial charge in [-0.2, -0.15) is 0 Å². The summed E-state index contributed by atoms with van der Waals surface area (Å²) < 4.78 is 28.7. The molecule has 0 bridgehead atoms. The maximum Gasteiger partial charge on any atom is 0.264 e. The van der Waals surface area contributed by atoms with E-state index in [2.05, 4.69) is 5.32 Å². The number of carbonyl (C=O) groups excluding carboxylic acids is 2. The Balaban J connectivity index is 2.05. The number of hydrogen-bond acceptors (Lipinski definition) is 4. The highest BCUT2D eigenvalue weighted by Gasteiger charge is 2.35. The molecule has 0 saturated carbocycles. The van der Waals surface area contributed by atoms with Gasteiger partial charge in [-0.1, -0.05) is 84.7 Å². The first kappa shape index (κ1) is 31.5. The molecule has 0 aliphatic rings. The molecule has 0 fully saturated rings. The van der Waals surface area contributed by atoms with Crippen LogP contribution in [0.1, 0.15) is 39.7 Å². The number of amides is 2. The van der Waals surface area contributed by atoms with Crippen molar-refractivity contribution < 1.29 is 18.0 Å². The van der Waals surface area contributed by atoms with E-state index >= 15 is 0 Å². The molecule has 214 valence electrons. The van der Waals surface area contributed by atoms with Crippen molar-refractivity contribution >= 4 is 50.7 Å². The van der Waals surface area contributed by atoms with Crippen LogP contribution >= 0.6 is 23.2 Å². The lowest BCUT2D eigenvalue weighted by molar-refractivity contribution is -0.140. The van der Waals surface area contributed by atoms with Crippen molar-refractivity contribution in [3.63, 3.8) is 0 Å². The molecule has 1 N–H and O–H groups in total. The van der Waals surface area contributed by atoms with Gasteiger partial charge in [0.25, 0.3) is 10.0 Å². The van der Waals surface area contributed by atoms with Crippen molar-refractivity contribution in [1.82, 2.24) is 10.2 Å². The largest absolute Gasteiger partial charge is 0.350 e. The fraction of sp³-hybridized carbons (Fsp3) is 0.333. The minimum atomic E-state index is -4.23. The number of halogens is 2. The van der Waals surface area contributed by atoms with Crippen molar-refractivity contribution in [2.45, 2.75) is 57.0 Å². The molecule has 10 heteroatoms. The Labute approximate surface area is 247 Å². The third kappa shape index (κ3) is 7.99. The molecule has 1 unspecified atom stereocenters. The third-order valence-corrected chi connectivity index (χ3v) is 8.76. The highest BCUT2D eigenvalue weighted by atomic mass is 35.5. The first-order chi connectivity index (χ1) is 18.8. The van der Waals surface area contributed by atoms with E-state index in [0.29, 0.717) is 12.8 Å². The number of anilines is 1. The van der Waals surface area contributed by atoms with E-state index in [1.807, 2.05) is 58.0 Å². The molecule has 0 aliphatic heterocycles. The molecule has 40 heavy (non-hydrogen) atoms. The highest BCUT2D eigenvalue weighted by molar-refractivity contribution is 7.92. The first-order valence-electron chi connectivity index (χ1n) is 13.0. The molecular formula is C30H35Cl2N3O4S. The van der Waals surface area contributed by atoms with Gasteiger partial charge in [0.2, 0.25) is 11.8 Å². The van der Waals surface area contributed by atoms with Crippen LogP contribution in [0.5, 0.6) is 0 Å². The summed E-state index contributed by atoms with van der Waals surface area (Å²) in [6.45, 7) is 7.05. The van der Waals surface area contributed by atoms with Crippen LogP contribution in [0.2, 0.25) is 10.0 Å². The van der Waals surface area contributed by atoms with Crippen LogP contribution in [0.4, 0.5) is 5.69 Å². The van der Waals surface area contributed by atoms with Crippen LogP contribution in [-0.4, -0.2) is 49.8 Å². The van der Waals surface area contributed by atoms with Gasteiger partial charge < -0.3 is 10.2 Å². The number of benzene rings is 3. The van der Waals surface area contributed by atoms with Crippen LogP contribution in [0, 0.1) is 0 Å². The number of nitrogens with one attached hydrogen (secondary N) is 1. The van der Waals surface area contributed by atoms with Gasteiger partial charge in [0.15, 0.2) is 0 Å². The number of nitrogens with zero attached hydrogens (tertiary/aromatic N) is 2. The van der Waals surface area contributed by atoms with Gasteiger partial charge in [-0.05, 0) is 63.4 Å². The van der Waals surface area contributed by atoms with Gasteiger partial charge in [-0.15, -0.1) is 0 Å². The summed E-state index contributed by atoms with van der Waals surface area (Å²) in [6, 6.07) is 21.2. The summed E-state index contributed by atoms with van der Waals surface area (Å²) in [5, 5.41) is 3.11. The molecule has 3 aromatic carbocycles. The van der Waals surface area contributed by atoms with E-state index in [4.69, 9.17) is 23.2 Å². The predicted molar refractivity (Wildman–Crippen MR) is 161 cm³/mol. The molecule has 0 radical (unpaired) electrons. The van der Waals surface area contributed by atoms with Crippen molar-refractivity contribution in [3.05, 3.63) is 94.5 Å². The lowest BCUT2D eigenvalue weighted by Crippen LogP contribution is -2.56. The molecule has 0 saturated heterocycles. The lowest BCUT2D eigenvalue weighted by atomic mass is 10.1. The van der Waals surface area contributed by atoms with E-state index in [1.165, 1.54) is 23.1 Å². The van der Waals surface area contributed by atoms with E-state index < -0.39 is 34.1 Å². The zero-order valence-electron chi connectivity index (χ0n) is 23.1. The Morgan fingerprint density at radius 3 is 2.08 bits per heavy atom. The average Bonchev–Trinajstić information content (AvgIpc) is 2.91. The molecule has 0 heterocycles. The van der Waals surface area contributed by atoms with Crippen molar-refractivity contribution in [2.75, 3.05) is 17.4 Å². The Morgan fingerprint density at radius 1 is 0.900 bits per heavy atom. The van der Waals surface area contributed by atoms with Gasteiger partial charge in [-0.25, -0.2) is 8.42 Å². The molecule has 0 aliphatic carbocycles. The quantitative estimate of drug-likeness (QED) is 0.293. The number of hydrogen-bond donors (Lipinski definition) is 1. The summed E-state index contributed by atoms with van der Waals surface area (Å²) in [4.78, 5) is 28.9. The standard InChI is InChI=1S/C30H35Cl2N3O4S/c1-5-25(29(37)33-30(2,3)4)34(20-19-22-13-8-6-9-14-22)27(36)21-35(26-18-12-17-24(31)28(26)32)40(38,39)23-15-10-7-11-16-23/h6-18,25H,5,19-21H2,1-4H3,(H,33,37). The zero-order chi connectivity index (χ0) is 29.5. The van der Waals surface area contributed by atoms with Crippen molar-refractivity contribution in [1.29, 1.82) is 0 Å². The molecular weight excluding hydrogens is 569 g/mol. The van der Waals surface area contributed by atoms with Crippen molar-refractivity contribution in [2.24, 2.45) is 0 Å². The molecule has 0 aromatic heterocycles. The number of sulfonamides is 1. The Kier molecular flexibility index (Phi) is 10.6. The van der Waals surface area contributed by atoms with Crippen LogP contribution < -0.4 is 9.62 Å². The topological polar surface area (TPSA) is 86.8 Å². The summed E-state index contributed by atoms with van der Waals surface area (Å²) in [7, 11) is -4.23. The maximum atomic E-state index is 14.1. The fourth-order valence-electron chi connectivity index (χ4n) is 4.27. The molecule has 3 rings (SSSR count). The Morgan fingerprint density at radius 2 is 1.50 bits per heavy atom. The smallest absolute Gasteiger partial charge is 0.264 e. The van der Waals surface area contributed by atoms with Crippen LogP contribution in [0.3, 0.4) is 0 Å². The molecule has 2 amide bonds. The van der Waals surface area contributed by atoms with E-state index in [0.717, 1.165) is 9.87 Å². The first-order valence-corrected chi connectivity index (χ1v) is 15.2. The fourth-order valence-corrected chi connectivity index (χ4v) is 6.16. The van der Waals surface area contributed by atoms with Crippen molar-refractivity contribution in [3.8, 4) is 0 Å². The summed E-state index contributed by atoms with van der Waals surface area (Å²) in [5.41, 5.74) is 0.537. The van der Waals surface area contributed by atoms with Gasteiger partial charge in [0, 0.05) is 12.1 Å². The Hall–Kier alpha value is -3.07. The van der Waals surface area contributed by atoms with Gasteiger partial charge in [0.1, 0.15) is 12.6 Å². The van der Waals surface area contributed by atoms with Gasteiger partial charge in [-0.3, -0.25) is 13.9 Å². The predicted octanol–water partition coefficient (Wildman–Crippen LogP) is 5.95. The van der Waals surface area contributed by atoms with Crippen LogP contribution in [0.25, 0.3) is 0 Å². The lowest BCUT2D eigenvalue weighted by Gasteiger charge is -2.35. The van der Waals surface area contributed by atoms with Crippen LogP contribution in [-0.2, 0) is 26.0 Å².